The van der Waals surface area contributed by atoms with Gasteiger partial charge in [-0.05, 0) is 18.9 Å². The molecular formula is C15H19NO3. The zero-order valence-corrected chi connectivity index (χ0v) is 11.1. The molecule has 1 aromatic rings. The molecule has 3 atom stereocenters. The lowest BCUT2D eigenvalue weighted by atomic mass is 9.84. The van der Waals surface area contributed by atoms with Crippen LogP contribution in [-0.2, 0) is 15.1 Å². The number of para-hydroxylation sites is 1. The van der Waals surface area contributed by atoms with Crippen molar-refractivity contribution >= 4 is 11.6 Å². The molecule has 1 amide bonds. The summed E-state index contributed by atoms with van der Waals surface area (Å²) >= 11 is 0. The zero-order chi connectivity index (χ0) is 13.5. The highest BCUT2D eigenvalue weighted by Gasteiger charge is 2.52. The number of aliphatic hydroxyl groups excluding tert-OH is 1. The summed E-state index contributed by atoms with van der Waals surface area (Å²) < 4.78 is 6.11. The van der Waals surface area contributed by atoms with Crippen molar-refractivity contribution in [1.82, 2.24) is 0 Å². The molecule has 1 saturated heterocycles. The van der Waals surface area contributed by atoms with Crippen LogP contribution in [0.5, 0.6) is 0 Å². The van der Waals surface area contributed by atoms with Crippen molar-refractivity contribution in [2.24, 2.45) is 0 Å². The van der Waals surface area contributed by atoms with Gasteiger partial charge in [0.05, 0.1) is 12.2 Å². The van der Waals surface area contributed by atoms with Gasteiger partial charge in [0.15, 0.2) is 5.60 Å². The average Bonchev–Trinajstić information content (AvgIpc) is 2.62. The summed E-state index contributed by atoms with van der Waals surface area (Å²) in [6, 6.07) is 7.58. The van der Waals surface area contributed by atoms with Crippen molar-refractivity contribution in [3.8, 4) is 0 Å². The lowest BCUT2D eigenvalue weighted by Gasteiger charge is -2.39. The molecule has 1 aromatic carbocycles. The molecule has 1 spiro atoms. The number of carbonyl (C=O) groups is 1. The molecule has 0 saturated carbocycles. The molecule has 1 fully saturated rings. The van der Waals surface area contributed by atoms with Crippen LogP contribution in [0, 0.1) is 0 Å². The third-order valence-corrected chi connectivity index (χ3v) is 4.01. The number of hydrogen-bond acceptors (Lipinski definition) is 3. The molecule has 4 nitrogen and oxygen atoms in total. The maximum Gasteiger partial charge on any atom is 0.261 e. The van der Waals surface area contributed by atoms with Crippen LogP contribution < -0.4 is 5.32 Å². The van der Waals surface area contributed by atoms with E-state index in [0.29, 0.717) is 12.8 Å². The average molecular weight is 261 g/mol. The van der Waals surface area contributed by atoms with E-state index in [4.69, 9.17) is 4.74 Å². The Balaban J connectivity index is 1.99. The smallest absolute Gasteiger partial charge is 0.261 e. The summed E-state index contributed by atoms with van der Waals surface area (Å²) in [5.41, 5.74) is 0.672. The number of ether oxygens (including phenoxy) is 1. The topological polar surface area (TPSA) is 58.6 Å². The second-order valence-corrected chi connectivity index (χ2v) is 5.45. The molecule has 0 aromatic heterocycles. The molecule has 0 radical (unpaired) electrons. The Labute approximate surface area is 112 Å². The second kappa shape index (κ2) is 4.62. The van der Waals surface area contributed by atoms with Crippen LogP contribution in [0.1, 0.15) is 38.2 Å². The number of amides is 1. The van der Waals surface area contributed by atoms with Crippen molar-refractivity contribution in [3.05, 3.63) is 29.8 Å². The second-order valence-electron chi connectivity index (χ2n) is 5.45. The fourth-order valence-electron chi connectivity index (χ4n) is 3.21. The first-order valence-electron chi connectivity index (χ1n) is 6.92. The van der Waals surface area contributed by atoms with Gasteiger partial charge in [-0.2, -0.15) is 0 Å². The van der Waals surface area contributed by atoms with Gasteiger partial charge in [-0.25, -0.2) is 0 Å². The summed E-state index contributed by atoms with van der Waals surface area (Å²) in [5, 5.41) is 13.0. The van der Waals surface area contributed by atoms with Gasteiger partial charge in [-0.3, -0.25) is 4.79 Å². The normalized spacial score (nSPS) is 33.3. The Kier molecular flexibility index (Phi) is 3.07. The van der Waals surface area contributed by atoms with E-state index in [1.807, 2.05) is 24.3 Å². The van der Waals surface area contributed by atoms with Crippen LogP contribution in [0.4, 0.5) is 5.69 Å². The fraction of sp³-hybridized carbons (Fsp3) is 0.533. The molecule has 2 aliphatic rings. The molecule has 0 aliphatic carbocycles. The maximum absolute atomic E-state index is 12.4. The molecule has 19 heavy (non-hydrogen) atoms. The minimum atomic E-state index is -0.992. The minimum Gasteiger partial charge on any atom is -0.393 e. The highest BCUT2D eigenvalue weighted by Crippen LogP contribution is 2.46. The van der Waals surface area contributed by atoms with Crippen LogP contribution in [0.25, 0.3) is 0 Å². The first kappa shape index (κ1) is 12.6. The number of hydrogen-bond donors (Lipinski definition) is 2. The van der Waals surface area contributed by atoms with E-state index in [1.165, 1.54) is 0 Å². The van der Waals surface area contributed by atoms with Crippen LogP contribution in [0.2, 0.25) is 0 Å². The molecule has 0 unspecified atom stereocenters. The van der Waals surface area contributed by atoms with Gasteiger partial charge in [0.1, 0.15) is 0 Å². The Hall–Kier alpha value is -1.39. The lowest BCUT2D eigenvalue weighted by Crippen LogP contribution is -2.48. The van der Waals surface area contributed by atoms with Crippen molar-refractivity contribution in [1.29, 1.82) is 0 Å². The predicted octanol–water partition coefficient (Wildman–Crippen LogP) is 2.17. The van der Waals surface area contributed by atoms with Crippen LogP contribution in [-0.4, -0.2) is 23.2 Å². The van der Waals surface area contributed by atoms with E-state index in [0.717, 1.165) is 24.1 Å². The van der Waals surface area contributed by atoms with Gasteiger partial charge >= 0.3 is 0 Å². The molecule has 2 heterocycles. The van der Waals surface area contributed by atoms with E-state index in [9.17, 15) is 9.90 Å². The van der Waals surface area contributed by atoms with E-state index in [1.54, 1.807) is 0 Å². The molecule has 3 rings (SSSR count). The predicted molar refractivity (Wildman–Crippen MR) is 71.8 cm³/mol. The molecule has 2 aliphatic heterocycles. The summed E-state index contributed by atoms with van der Waals surface area (Å²) in [5.74, 6) is -0.145. The van der Waals surface area contributed by atoms with Gasteiger partial charge in [0.2, 0.25) is 0 Å². The molecular weight excluding hydrogens is 242 g/mol. The monoisotopic (exact) mass is 261 g/mol. The molecule has 4 heteroatoms. The van der Waals surface area contributed by atoms with Gasteiger partial charge in [-0.1, -0.05) is 31.5 Å². The third-order valence-electron chi connectivity index (χ3n) is 4.01. The van der Waals surface area contributed by atoms with Crippen molar-refractivity contribution in [3.63, 3.8) is 0 Å². The quantitative estimate of drug-likeness (QED) is 0.857. The van der Waals surface area contributed by atoms with Gasteiger partial charge in [0, 0.05) is 17.7 Å². The van der Waals surface area contributed by atoms with Gasteiger partial charge < -0.3 is 15.2 Å². The van der Waals surface area contributed by atoms with Gasteiger partial charge in [-0.15, -0.1) is 0 Å². The fourth-order valence-corrected chi connectivity index (χ4v) is 3.21. The van der Waals surface area contributed by atoms with Crippen LogP contribution >= 0.6 is 0 Å². The van der Waals surface area contributed by atoms with Crippen LogP contribution in [0.15, 0.2) is 24.3 Å². The number of rotatable bonds is 2. The van der Waals surface area contributed by atoms with Crippen molar-refractivity contribution in [2.45, 2.75) is 50.4 Å². The third kappa shape index (κ3) is 1.95. The number of anilines is 1. The van der Waals surface area contributed by atoms with E-state index >= 15 is 0 Å². The number of carbonyl (C=O) groups excluding carboxylic acids is 1. The van der Waals surface area contributed by atoms with Crippen molar-refractivity contribution in [2.75, 3.05) is 5.32 Å². The molecule has 102 valence electrons. The Morgan fingerprint density at radius 1 is 1.47 bits per heavy atom. The molecule has 0 bridgehead atoms. The Morgan fingerprint density at radius 2 is 2.26 bits per heavy atom. The highest BCUT2D eigenvalue weighted by molar-refractivity contribution is 6.05. The van der Waals surface area contributed by atoms with Crippen molar-refractivity contribution < 1.29 is 14.6 Å². The number of fused-ring (bicyclic) bond motifs is 2. The summed E-state index contributed by atoms with van der Waals surface area (Å²) in [4.78, 5) is 12.4. The Bertz CT molecular complexity index is 502. The van der Waals surface area contributed by atoms with E-state index < -0.39 is 11.7 Å². The number of benzene rings is 1. The van der Waals surface area contributed by atoms with Crippen LogP contribution in [0.3, 0.4) is 0 Å². The standard InChI is InChI=1S/C15H19NO3/c1-2-5-11-8-10(17)9-15(19-11)12-6-3-4-7-13(12)16-14(15)18/h3-4,6-7,10-11,17H,2,5,8-9H2,1H3,(H,16,18)/t10-,11-,15-/m0/s1. The SMILES string of the molecule is CCC[C@H]1C[C@H](O)C[C@@]2(O1)C(=O)Nc1ccccc12. The summed E-state index contributed by atoms with van der Waals surface area (Å²) in [6.07, 6.45) is 2.28. The van der Waals surface area contributed by atoms with E-state index in [2.05, 4.69) is 12.2 Å². The first-order valence-corrected chi connectivity index (χ1v) is 6.92. The first-order chi connectivity index (χ1) is 9.15. The largest absolute Gasteiger partial charge is 0.393 e. The Morgan fingerprint density at radius 3 is 3.05 bits per heavy atom. The molecule has 2 N–H and O–H groups in total. The minimum absolute atomic E-state index is 0.0503. The van der Waals surface area contributed by atoms with Gasteiger partial charge in [0.25, 0.3) is 5.91 Å². The maximum atomic E-state index is 12.4. The number of nitrogens with one attached hydrogen (secondary N) is 1. The number of aliphatic hydroxyl groups is 1. The zero-order valence-electron chi connectivity index (χ0n) is 11.1. The lowest BCUT2D eigenvalue weighted by molar-refractivity contribution is -0.178. The van der Waals surface area contributed by atoms with E-state index in [-0.39, 0.29) is 12.0 Å². The summed E-state index contributed by atoms with van der Waals surface area (Å²) in [7, 11) is 0. The summed E-state index contributed by atoms with van der Waals surface area (Å²) in [6.45, 7) is 2.08. The highest BCUT2D eigenvalue weighted by atomic mass is 16.5.